The predicted octanol–water partition coefficient (Wildman–Crippen LogP) is 4.84. The van der Waals surface area contributed by atoms with Crippen molar-refractivity contribution in [1.29, 1.82) is 0 Å². The van der Waals surface area contributed by atoms with Crippen LogP contribution in [0.5, 0.6) is 5.75 Å². The lowest BCUT2D eigenvalue weighted by atomic mass is 9.43. The molecular formula is C31H34O7. The van der Waals surface area contributed by atoms with E-state index in [1.165, 1.54) is 0 Å². The molecule has 200 valence electrons. The third kappa shape index (κ3) is 3.02. The van der Waals surface area contributed by atoms with Crippen LogP contribution in [-0.4, -0.2) is 43.4 Å². The Balaban J connectivity index is 1.85. The number of aromatic hydroxyl groups is 1. The summed E-state index contributed by atoms with van der Waals surface area (Å²) in [6, 6.07) is 1.87. The van der Waals surface area contributed by atoms with Gasteiger partial charge < -0.3 is 20.4 Å². The molecule has 0 spiro atoms. The Morgan fingerprint density at radius 1 is 1.13 bits per heavy atom. The van der Waals surface area contributed by atoms with Crippen LogP contribution in [0.3, 0.4) is 0 Å². The van der Waals surface area contributed by atoms with E-state index < -0.39 is 56.8 Å². The molecule has 1 fully saturated rings. The van der Waals surface area contributed by atoms with Gasteiger partial charge in [-0.2, -0.15) is 0 Å². The standard InChI is InChI=1S/C31H34O7/c1-14(2)22-25(34)20(16(4)32)27(36)31(38)28(37)23-26(35)21-19(12-29(23,5)13-30(22,31)6)18(11-15(3)24(21)33)17-9-7-8-10-17/h7,9-11,14,22,33,35-36,38H,8,12-13H2,1-6H3/t22?,29-,30-,31+/m1/s1. The van der Waals surface area contributed by atoms with Crippen molar-refractivity contribution in [1.82, 2.24) is 0 Å². The fraction of sp³-hybridized carbons (Fsp3) is 0.452. The number of allylic oxidation sites excluding steroid dienone is 5. The largest absolute Gasteiger partial charge is 0.508 e. The van der Waals surface area contributed by atoms with Gasteiger partial charge in [0.25, 0.3) is 0 Å². The maximum absolute atomic E-state index is 14.3. The molecule has 5 rings (SSSR count). The van der Waals surface area contributed by atoms with Crippen molar-refractivity contribution in [2.75, 3.05) is 0 Å². The molecule has 0 saturated heterocycles. The van der Waals surface area contributed by atoms with Crippen molar-refractivity contribution >= 4 is 28.7 Å². The molecule has 4 N–H and O–H groups in total. The molecule has 0 aromatic heterocycles. The topological polar surface area (TPSA) is 132 Å². The van der Waals surface area contributed by atoms with E-state index in [0.717, 1.165) is 24.5 Å². The Hall–Kier alpha value is -3.45. The molecule has 0 bridgehead atoms. The number of carbonyl (C=O) groups is 3. The fourth-order valence-electron chi connectivity index (χ4n) is 7.84. The summed E-state index contributed by atoms with van der Waals surface area (Å²) in [5.74, 6) is -5.13. The van der Waals surface area contributed by atoms with Crippen LogP contribution >= 0.6 is 0 Å². The summed E-state index contributed by atoms with van der Waals surface area (Å²) in [5, 5.41) is 46.1. The van der Waals surface area contributed by atoms with Gasteiger partial charge in [0.2, 0.25) is 5.78 Å². The average molecular weight is 519 g/mol. The smallest absolute Gasteiger partial charge is 0.203 e. The molecule has 0 amide bonds. The van der Waals surface area contributed by atoms with E-state index in [2.05, 4.69) is 6.08 Å². The number of hydrogen-bond acceptors (Lipinski definition) is 7. The number of aliphatic hydroxyl groups is 3. The first-order valence-corrected chi connectivity index (χ1v) is 13.0. The number of aryl methyl sites for hydroxylation is 1. The molecule has 7 heteroatoms. The highest BCUT2D eigenvalue weighted by Crippen LogP contribution is 2.65. The number of aliphatic hydroxyl groups excluding tert-OH is 2. The normalized spacial score (nSPS) is 32.4. The Kier molecular flexibility index (Phi) is 5.53. The molecule has 1 saturated carbocycles. The highest BCUT2D eigenvalue weighted by Gasteiger charge is 2.72. The zero-order valence-electron chi connectivity index (χ0n) is 22.6. The van der Waals surface area contributed by atoms with Crippen molar-refractivity contribution in [3.05, 3.63) is 63.5 Å². The molecule has 1 aromatic carbocycles. The molecule has 4 atom stereocenters. The van der Waals surface area contributed by atoms with Gasteiger partial charge in [-0.05, 0) is 67.4 Å². The fourth-order valence-corrected chi connectivity index (χ4v) is 7.84. The SMILES string of the molecule is CC(=O)C1=C(O)[C@]2(O)C(=O)C3=C(O)c4c(O)c(C)cc(C5=CCC=C5)c4C[C@]3(C)C[C@]2(C)C(C(C)C)C1=O. The lowest BCUT2D eigenvalue weighted by Gasteiger charge is -2.59. The second-order valence-corrected chi connectivity index (χ2v) is 12.2. The van der Waals surface area contributed by atoms with Gasteiger partial charge in [0.1, 0.15) is 22.8 Å². The number of phenolic OH excluding ortho intramolecular Hbond substituents is 1. The highest BCUT2D eigenvalue weighted by molar-refractivity contribution is 6.24. The second kappa shape index (κ2) is 8.03. The van der Waals surface area contributed by atoms with Gasteiger partial charge in [-0.1, -0.05) is 45.9 Å². The molecule has 0 radical (unpaired) electrons. The Bertz CT molecular complexity index is 1470. The zero-order valence-corrected chi connectivity index (χ0v) is 22.6. The third-order valence-electron chi connectivity index (χ3n) is 9.28. The van der Waals surface area contributed by atoms with Crippen LogP contribution in [0.4, 0.5) is 0 Å². The van der Waals surface area contributed by atoms with Gasteiger partial charge in [-0.25, -0.2) is 0 Å². The number of benzene rings is 1. The van der Waals surface area contributed by atoms with Crippen molar-refractivity contribution in [3.8, 4) is 5.75 Å². The van der Waals surface area contributed by atoms with Crippen LogP contribution < -0.4 is 0 Å². The molecule has 1 unspecified atom stereocenters. The van der Waals surface area contributed by atoms with Crippen LogP contribution in [0, 0.1) is 29.6 Å². The first kappa shape index (κ1) is 26.2. The Morgan fingerprint density at radius 2 is 1.79 bits per heavy atom. The summed E-state index contributed by atoms with van der Waals surface area (Å²) >= 11 is 0. The van der Waals surface area contributed by atoms with E-state index in [1.54, 1.807) is 27.7 Å². The summed E-state index contributed by atoms with van der Waals surface area (Å²) < 4.78 is 0. The lowest BCUT2D eigenvalue weighted by Crippen LogP contribution is -2.69. The number of carbonyl (C=O) groups excluding carboxylic acids is 3. The molecule has 0 heterocycles. The van der Waals surface area contributed by atoms with Crippen molar-refractivity contribution < 1.29 is 34.8 Å². The van der Waals surface area contributed by atoms with E-state index >= 15 is 0 Å². The number of ketones is 3. The van der Waals surface area contributed by atoms with E-state index in [1.807, 2.05) is 25.1 Å². The van der Waals surface area contributed by atoms with Crippen LogP contribution in [0.15, 0.2) is 41.2 Å². The molecule has 1 aromatic rings. The first-order valence-electron chi connectivity index (χ1n) is 13.0. The van der Waals surface area contributed by atoms with Crippen LogP contribution in [0.2, 0.25) is 0 Å². The summed E-state index contributed by atoms with van der Waals surface area (Å²) in [6.07, 6.45) is 7.16. The maximum Gasteiger partial charge on any atom is 0.203 e. The minimum Gasteiger partial charge on any atom is -0.508 e. The van der Waals surface area contributed by atoms with Crippen LogP contribution in [-0.2, 0) is 20.8 Å². The monoisotopic (exact) mass is 518 g/mol. The van der Waals surface area contributed by atoms with E-state index in [9.17, 15) is 34.8 Å². The molecule has 38 heavy (non-hydrogen) atoms. The van der Waals surface area contributed by atoms with Gasteiger partial charge in [0.15, 0.2) is 17.2 Å². The van der Waals surface area contributed by atoms with Gasteiger partial charge in [0, 0.05) is 22.3 Å². The number of hydrogen-bond donors (Lipinski definition) is 4. The lowest BCUT2D eigenvalue weighted by molar-refractivity contribution is -0.178. The number of rotatable bonds is 3. The van der Waals surface area contributed by atoms with Gasteiger partial charge in [0.05, 0.1) is 5.56 Å². The first-order chi connectivity index (χ1) is 17.6. The summed E-state index contributed by atoms with van der Waals surface area (Å²) in [6.45, 7) is 9.84. The van der Waals surface area contributed by atoms with Gasteiger partial charge in [-0.3, -0.25) is 14.4 Å². The average Bonchev–Trinajstić information content (AvgIpc) is 3.33. The van der Waals surface area contributed by atoms with Crippen LogP contribution in [0.25, 0.3) is 11.3 Å². The van der Waals surface area contributed by atoms with Crippen molar-refractivity contribution in [2.45, 2.75) is 66.4 Å². The number of phenols is 1. The molecule has 0 aliphatic heterocycles. The Labute approximate surface area is 221 Å². The number of fused-ring (bicyclic) bond motifs is 3. The summed E-state index contributed by atoms with van der Waals surface area (Å²) in [4.78, 5) is 40.4. The zero-order chi connectivity index (χ0) is 28.1. The molecular weight excluding hydrogens is 484 g/mol. The predicted molar refractivity (Wildman–Crippen MR) is 142 cm³/mol. The third-order valence-corrected chi connectivity index (χ3v) is 9.28. The van der Waals surface area contributed by atoms with Crippen molar-refractivity contribution in [2.24, 2.45) is 22.7 Å². The quantitative estimate of drug-likeness (QED) is 0.421. The highest BCUT2D eigenvalue weighted by atomic mass is 16.3. The summed E-state index contributed by atoms with van der Waals surface area (Å²) in [7, 11) is 0. The minimum atomic E-state index is -2.60. The second-order valence-electron chi connectivity index (χ2n) is 12.2. The summed E-state index contributed by atoms with van der Waals surface area (Å²) in [5.41, 5.74) is -2.64. The van der Waals surface area contributed by atoms with E-state index in [0.29, 0.717) is 11.1 Å². The van der Waals surface area contributed by atoms with Gasteiger partial charge >= 0.3 is 0 Å². The van der Waals surface area contributed by atoms with Crippen molar-refractivity contribution in [3.63, 3.8) is 0 Å². The molecule has 4 aliphatic carbocycles. The van der Waals surface area contributed by atoms with E-state index in [-0.39, 0.29) is 35.6 Å². The minimum absolute atomic E-state index is 0.0773. The van der Waals surface area contributed by atoms with E-state index in [4.69, 9.17) is 0 Å². The van der Waals surface area contributed by atoms with Gasteiger partial charge in [-0.15, -0.1) is 0 Å². The number of Topliss-reactive ketones (excluding diaryl/α,β-unsaturated/α-hetero) is 3. The van der Waals surface area contributed by atoms with Crippen LogP contribution in [0.1, 0.15) is 69.7 Å². The molecule has 7 nitrogen and oxygen atoms in total. The maximum atomic E-state index is 14.3. The molecule has 4 aliphatic rings. The Morgan fingerprint density at radius 3 is 2.34 bits per heavy atom.